The monoisotopic (exact) mass is 509 g/mol. The number of fused-ring (bicyclic) bond motifs is 1. The third kappa shape index (κ3) is 6.36. The second-order valence-electron chi connectivity index (χ2n) is 7.56. The Balaban J connectivity index is 0.00000101. The Hall–Kier alpha value is -1.92. The van der Waals surface area contributed by atoms with Crippen molar-refractivity contribution in [3.8, 4) is 0 Å². The van der Waals surface area contributed by atoms with Crippen LogP contribution in [0, 0.1) is 35.4 Å². The van der Waals surface area contributed by atoms with Crippen molar-refractivity contribution in [3.63, 3.8) is 0 Å². The number of methoxy groups -OCH3 is 2. The Kier molecular flexibility index (Phi) is 11.5. The van der Waals surface area contributed by atoms with E-state index in [9.17, 15) is 14.0 Å². The number of aliphatic hydroxyl groups is 1. The predicted molar refractivity (Wildman–Crippen MR) is 119 cm³/mol. The van der Waals surface area contributed by atoms with Crippen molar-refractivity contribution in [2.24, 2.45) is 35.3 Å². The zero-order valence-corrected chi connectivity index (χ0v) is 20.1. The first-order chi connectivity index (χ1) is 15.3. The Labute approximate surface area is 201 Å². The first kappa shape index (κ1) is 29.1. The van der Waals surface area contributed by atoms with Gasteiger partial charge in [-0.05, 0) is 36.1 Å². The highest BCUT2D eigenvalue weighted by Crippen LogP contribution is 2.67. The number of rotatable bonds is 9. The molecule has 6 atom stereocenters. The molecule has 1 aromatic rings. The summed E-state index contributed by atoms with van der Waals surface area (Å²) in [5, 5.41) is 8.87. The standard InChI is InChI=1S/C19H24FNO6S.C2H4O2.ClH/c1-10-13(7-28-12-5-3-11(20)4-6-12)19(21,18(24)27-9-25-2)16-14(10)15(16)17(23)26-8-22;1-4-2-3;/h3-6,10,13-16,22H,7-9,21H2,1-2H3;2H,1H3;1H/t10-,13?,14+,15+,16+,19+;;/m1../s1. The SMILES string of the molecule is COC=O.COCOC(=O)[C@]1(N)C(CSc2ccc(F)cc2)[C@@H](C)[C@H]2[C@H](C(=O)OCO)[C@H]21.Cl. The molecule has 186 valence electrons. The summed E-state index contributed by atoms with van der Waals surface area (Å²) < 4.78 is 31.7. The number of aliphatic hydroxyl groups excluding tert-OH is 1. The number of benzene rings is 1. The van der Waals surface area contributed by atoms with Crippen molar-refractivity contribution in [3.05, 3.63) is 30.1 Å². The molecular weight excluding hydrogens is 481 g/mol. The predicted octanol–water partition coefficient (Wildman–Crippen LogP) is 1.59. The van der Waals surface area contributed by atoms with Crippen LogP contribution < -0.4 is 5.73 Å². The molecular formula is C21H29ClFNO8S. The maximum Gasteiger partial charge on any atom is 0.328 e. The molecule has 0 bridgehead atoms. The molecule has 0 radical (unpaired) electrons. The summed E-state index contributed by atoms with van der Waals surface area (Å²) in [5.41, 5.74) is 5.24. The van der Waals surface area contributed by atoms with Crippen LogP contribution in [0.4, 0.5) is 4.39 Å². The van der Waals surface area contributed by atoms with Crippen molar-refractivity contribution in [1.29, 1.82) is 0 Å². The number of halogens is 2. The van der Waals surface area contributed by atoms with Gasteiger partial charge in [0, 0.05) is 29.6 Å². The second kappa shape index (κ2) is 13.1. The molecule has 1 aromatic carbocycles. The summed E-state index contributed by atoms with van der Waals surface area (Å²) in [5.74, 6) is -2.31. The molecule has 0 aliphatic heterocycles. The zero-order valence-electron chi connectivity index (χ0n) is 18.5. The van der Waals surface area contributed by atoms with Crippen LogP contribution in [0.15, 0.2) is 29.2 Å². The third-order valence-electron chi connectivity index (χ3n) is 5.96. The number of carbonyl (C=O) groups is 3. The number of ether oxygens (including phenoxy) is 4. The van der Waals surface area contributed by atoms with E-state index in [4.69, 9.17) is 29.8 Å². The molecule has 0 amide bonds. The molecule has 2 saturated carbocycles. The lowest BCUT2D eigenvalue weighted by molar-refractivity contribution is -0.164. The smallest absolute Gasteiger partial charge is 0.328 e. The van der Waals surface area contributed by atoms with Crippen molar-refractivity contribution >= 4 is 42.6 Å². The zero-order chi connectivity index (χ0) is 23.9. The molecule has 0 heterocycles. The summed E-state index contributed by atoms with van der Waals surface area (Å²) in [7, 11) is 2.71. The maximum atomic E-state index is 13.1. The van der Waals surface area contributed by atoms with Gasteiger partial charge in [-0.1, -0.05) is 6.92 Å². The molecule has 2 aliphatic rings. The number of hydrogen-bond acceptors (Lipinski definition) is 10. The fourth-order valence-electron chi connectivity index (χ4n) is 4.55. The highest BCUT2D eigenvalue weighted by atomic mass is 35.5. The van der Waals surface area contributed by atoms with Gasteiger partial charge in [-0.2, -0.15) is 0 Å². The van der Waals surface area contributed by atoms with Crippen LogP contribution in [0.5, 0.6) is 0 Å². The third-order valence-corrected chi connectivity index (χ3v) is 7.09. The average molecular weight is 510 g/mol. The summed E-state index contributed by atoms with van der Waals surface area (Å²) in [6.07, 6.45) is 0. The Bertz CT molecular complexity index is 801. The fraction of sp³-hybridized carbons (Fsp3) is 0.571. The normalized spacial score (nSPS) is 28.8. The van der Waals surface area contributed by atoms with E-state index < -0.39 is 36.1 Å². The molecule has 0 saturated heterocycles. The lowest BCUT2D eigenvalue weighted by atomic mass is 9.78. The molecule has 2 aliphatic carbocycles. The molecule has 2 fully saturated rings. The molecule has 3 N–H and O–H groups in total. The maximum absolute atomic E-state index is 13.1. The van der Waals surface area contributed by atoms with E-state index in [2.05, 4.69) is 4.74 Å². The van der Waals surface area contributed by atoms with Gasteiger partial charge in [0.25, 0.3) is 6.47 Å². The minimum absolute atomic E-state index is 0. The summed E-state index contributed by atoms with van der Waals surface area (Å²) in [6.45, 7) is 1.39. The summed E-state index contributed by atoms with van der Waals surface area (Å²) >= 11 is 1.47. The number of carbonyl (C=O) groups excluding carboxylic acids is 3. The van der Waals surface area contributed by atoms with Crippen molar-refractivity contribution in [2.75, 3.05) is 33.6 Å². The topological polar surface area (TPSA) is 134 Å². The van der Waals surface area contributed by atoms with Crippen LogP contribution in [0.25, 0.3) is 0 Å². The number of thioether (sulfide) groups is 1. The van der Waals surface area contributed by atoms with Crippen LogP contribution in [0.3, 0.4) is 0 Å². The number of esters is 2. The molecule has 0 spiro atoms. The fourth-order valence-corrected chi connectivity index (χ4v) is 5.83. The van der Waals surface area contributed by atoms with E-state index in [1.165, 1.54) is 38.1 Å². The van der Waals surface area contributed by atoms with Crippen LogP contribution in [0.1, 0.15) is 6.92 Å². The number of hydrogen-bond donors (Lipinski definition) is 2. The van der Waals surface area contributed by atoms with Gasteiger partial charge in [0.2, 0.25) is 0 Å². The Morgan fingerprint density at radius 1 is 1.24 bits per heavy atom. The quantitative estimate of drug-likeness (QED) is 0.166. The van der Waals surface area contributed by atoms with Crippen LogP contribution in [0.2, 0.25) is 0 Å². The van der Waals surface area contributed by atoms with E-state index >= 15 is 0 Å². The van der Waals surface area contributed by atoms with Gasteiger partial charge < -0.3 is 29.8 Å². The average Bonchev–Trinajstić information content (AvgIpc) is 3.50. The lowest BCUT2D eigenvalue weighted by Crippen LogP contribution is -2.58. The van der Waals surface area contributed by atoms with E-state index in [0.717, 1.165) is 4.90 Å². The Morgan fingerprint density at radius 2 is 1.85 bits per heavy atom. The summed E-state index contributed by atoms with van der Waals surface area (Å²) in [6, 6.07) is 6.09. The van der Waals surface area contributed by atoms with Gasteiger partial charge in [0.1, 0.15) is 11.4 Å². The van der Waals surface area contributed by atoms with E-state index in [0.29, 0.717) is 12.2 Å². The van der Waals surface area contributed by atoms with Gasteiger partial charge >= 0.3 is 11.9 Å². The van der Waals surface area contributed by atoms with Crippen LogP contribution in [-0.2, 0) is 33.3 Å². The largest absolute Gasteiger partial charge is 0.471 e. The van der Waals surface area contributed by atoms with Gasteiger partial charge in [0.05, 0.1) is 13.0 Å². The van der Waals surface area contributed by atoms with Crippen LogP contribution in [-0.4, -0.2) is 62.6 Å². The first-order valence-corrected chi connectivity index (χ1v) is 10.8. The molecule has 0 aromatic heterocycles. The van der Waals surface area contributed by atoms with E-state index in [1.807, 2.05) is 6.92 Å². The lowest BCUT2D eigenvalue weighted by Gasteiger charge is -2.35. The molecule has 33 heavy (non-hydrogen) atoms. The van der Waals surface area contributed by atoms with Gasteiger partial charge in [0.15, 0.2) is 13.6 Å². The minimum Gasteiger partial charge on any atom is -0.471 e. The second-order valence-corrected chi connectivity index (χ2v) is 8.65. The molecule has 3 rings (SSSR count). The highest BCUT2D eigenvalue weighted by molar-refractivity contribution is 7.99. The van der Waals surface area contributed by atoms with Crippen molar-refractivity contribution in [2.45, 2.75) is 17.4 Å². The van der Waals surface area contributed by atoms with Crippen molar-refractivity contribution in [1.82, 2.24) is 0 Å². The van der Waals surface area contributed by atoms with E-state index in [1.54, 1.807) is 12.1 Å². The molecule has 9 nitrogen and oxygen atoms in total. The molecule has 12 heteroatoms. The van der Waals surface area contributed by atoms with Gasteiger partial charge in [-0.3, -0.25) is 9.59 Å². The Morgan fingerprint density at radius 3 is 2.36 bits per heavy atom. The minimum atomic E-state index is -1.37. The molecule has 1 unspecified atom stereocenters. The summed E-state index contributed by atoms with van der Waals surface area (Å²) in [4.78, 5) is 34.8. The van der Waals surface area contributed by atoms with Crippen molar-refractivity contribution < 1.29 is 42.8 Å². The first-order valence-electron chi connectivity index (χ1n) is 9.85. The number of nitrogens with two attached hydrogens (primary N) is 1. The van der Waals surface area contributed by atoms with Gasteiger partial charge in [-0.25, -0.2) is 9.18 Å². The van der Waals surface area contributed by atoms with Gasteiger partial charge in [-0.15, -0.1) is 24.2 Å². The van der Waals surface area contributed by atoms with E-state index in [-0.39, 0.29) is 42.8 Å². The van der Waals surface area contributed by atoms with Crippen LogP contribution >= 0.6 is 24.2 Å². The highest BCUT2D eigenvalue weighted by Gasteiger charge is 2.76.